The van der Waals surface area contributed by atoms with Crippen LogP contribution >= 0.6 is 11.6 Å². The molecular formula is C12H18ClN3O. The molecule has 1 saturated heterocycles. The molecular weight excluding hydrogens is 238 g/mol. The monoisotopic (exact) mass is 255 g/mol. The smallest absolute Gasteiger partial charge is 0.126 e. The van der Waals surface area contributed by atoms with Gasteiger partial charge in [0.2, 0.25) is 0 Å². The normalized spacial score (nSPS) is 17.1. The summed E-state index contributed by atoms with van der Waals surface area (Å²) in [5.41, 5.74) is 0.937. The molecule has 1 aliphatic rings. The van der Waals surface area contributed by atoms with Crippen LogP contribution in [0.3, 0.4) is 0 Å². The maximum absolute atomic E-state index is 6.17. The molecule has 2 rings (SSSR count). The number of halogens is 1. The third-order valence-electron chi connectivity index (χ3n) is 2.75. The topological polar surface area (TPSA) is 37.4 Å². The molecule has 17 heavy (non-hydrogen) atoms. The molecule has 94 valence electrons. The molecule has 1 N–H and O–H groups in total. The number of nitrogens with one attached hydrogen (secondary N) is 1. The molecule has 0 unspecified atom stereocenters. The largest absolute Gasteiger partial charge is 0.379 e. The van der Waals surface area contributed by atoms with Crippen LogP contribution in [0, 0.1) is 0 Å². The fourth-order valence-electron chi connectivity index (χ4n) is 1.85. The van der Waals surface area contributed by atoms with Crippen molar-refractivity contribution < 1.29 is 4.74 Å². The Bertz CT molecular complexity index is 367. The lowest BCUT2D eigenvalue weighted by atomic mass is 10.3. The molecule has 0 amide bonds. The van der Waals surface area contributed by atoms with Crippen LogP contribution in [0.1, 0.15) is 12.6 Å². The molecule has 1 aromatic heterocycles. The molecule has 0 radical (unpaired) electrons. The second-order valence-electron chi connectivity index (χ2n) is 4.04. The van der Waals surface area contributed by atoms with Crippen LogP contribution in [-0.4, -0.2) is 42.7 Å². The number of hydrogen-bond acceptors (Lipinski definition) is 4. The second-order valence-corrected chi connectivity index (χ2v) is 4.45. The number of ether oxygens (including phenoxy) is 1. The highest BCUT2D eigenvalue weighted by Gasteiger charge is 2.13. The lowest BCUT2D eigenvalue weighted by molar-refractivity contribution is 0.0337. The number of anilines is 1. The van der Waals surface area contributed by atoms with Crippen LogP contribution in [0.4, 0.5) is 5.82 Å². The first-order valence-corrected chi connectivity index (χ1v) is 6.37. The van der Waals surface area contributed by atoms with E-state index in [0.29, 0.717) is 0 Å². The van der Waals surface area contributed by atoms with Gasteiger partial charge in [0.05, 0.1) is 23.9 Å². The Morgan fingerprint density at radius 3 is 2.88 bits per heavy atom. The summed E-state index contributed by atoms with van der Waals surface area (Å²) < 4.78 is 5.32. The maximum atomic E-state index is 6.17. The first-order valence-electron chi connectivity index (χ1n) is 5.99. The van der Waals surface area contributed by atoms with E-state index in [0.717, 1.165) is 55.9 Å². The van der Waals surface area contributed by atoms with E-state index in [2.05, 4.69) is 22.1 Å². The molecule has 0 atom stereocenters. The summed E-state index contributed by atoms with van der Waals surface area (Å²) in [5, 5.41) is 3.93. The van der Waals surface area contributed by atoms with Gasteiger partial charge in [-0.2, -0.15) is 0 Å². The SMILES string of the molecule is CCNc1ccc(Cl)c(CN2CCOCC2)n1. The molecule has 0 bridgehead atoms. The minimum Gasteiger partial charge on any atom is -0.379 e. The number of morpholine rings is 1. The zero-order valence-corrected chi connectivity index (χ0v) is 10.8. The standard InChI is InChI=1S/C12H18ClN3O/c1-2-14-12-4-3-10(13)11(15-12)9-16-5-7-17-8-6-16/h3-4H,2,5-9H2,1H3,(H,14,15). The highest BCUT2D eigenvalue weighted by Crippen LogP contribution is 2.18. The molecule has 4 nitrogen and oxygen atoms in total. The Balaban J connectivity index is 2.04. The third kappa shape index (κ3) is 3.56. The van der Waals surface area contributed by atoms with E-state index in [9.17, 15) is 0 Å². The van der Waals surface area contributed by atoms with Gasteiger partial charge in [-0.15, -0.1) is 0 Å². The highest BCUT2D eigenvalue weighted by atomic mass is 35.5. The third-order valence-corrected chi connectivity index (χ3v) is 3.10. The number of nitrogens with zero attached hydrogens (tertiary/aromatic N) is 2. The second kappa shape index (κ2) is 6.19. The van der Waals surface area contributed by atoms with Crippen molar-refractivity contribution in [3.05, 3.63) is 22.8 Å². The zero-order valence-electron chi connectivity index (χ0n) is 10.1. The van der Waals surface area contributed by atoms with Gasteiger partial charge in [-0.05, 0) is 19.1 Å². The highest BCUT2D eigenvalue weighted by molar-refractivity contribution is 6.31. The van der Waals surface area contributed by atoms with Gasteiger partial charge in [0.1, 0.15) is 5.82 Å². The minimum absolute atomic E-state index is 0.734. The molecule has 2 heterocycles. The molecule has 5 heteroatoms. The summed E-state index contributed by atoms with van der Waals surface area (Å²) in [5.74, 6) is 0.889. The summed E-state index contributed by atoms with van der Waals surface area (Å²) in [7, 11) is 0. The van der Waals surface area contributed by atoms with E-state index < -0.39 is 0 Å². The summed E-state index contributed by atoms with van der Waals surface area (Å²) in [6.07, 6.45) is 0. The van der Waals surface area contributed by atoms with E-state index in [1.54, 1.807) is 0 Å². The van der Waals surface area contributed by atoms with Gasteiger partial charge in [-0.1, -0.05) is 11.6 Å². The zero-order chi connectivity index (χ0) is 12.1. The van der Waals surface area contributed by atoms with Crippen molar-refractivity contribution in [2.75, 3.05) is 38.2 Å². The van der Waals surface area contributed by atoms with Gasteiger partial charge in [0.15, 0.2) is 0 Å². The van der Waals surface area contributed by atoms with E-state index in [1.807, 2.05) is 12.1 Å². The Morgan fingerprint density at radius 2 is 2.18 bits per heavy atom. The Labute approximate surface area is 107 Å². The van der Waals surface area contributed by atoms with Crippen LogP contribution < -0.4 is 5.32 Å². The Kier molecular flexibility index (Phi) is 4.59. The number of aromatic nitrogens is 1. The van der Waals surface area contributed by atoms with E-state index in [-0.39, 0.29) is 0 Å². The first kappa shape index (κ1) is 12.6. The van der Waals surface area contributed by atoms with Gasteiger partial charge in [0.25, 0.3) is 0 Å². The first-order chi connectivity index (χ1) is 8.29. The summed E-state index contributed by atoms with van der Waals surface area (Å²) >= 11 is 6.17. The van der Waals surface area contributed by atoms with Gasteiger partial charge >= 0.3 is 0 Å². The molecule has 0 saturated carbocycles. The number of rotatable bonds is 4. The van der Waals surface area contributed by atoms with Crippen molar-refractivity contribution in [2.24, 2.45) is 0 Å². The lowest BCUT2D eigenvalue weighted by Gasteiger charge is -2.26. The Hall–Kier alpha value is -0.840. The molecule has 1 aromatic rings. The summed E-state index contributed by atoms with van der Waals surface area (Å²) in [6.45, 7) is 7.20. The predicted octanol–water partition coefficient (Wildman–Crippen LogP) is 2.00. The van der Waals surface area contributed by atoms with Crippen LogP contribution in [0.2, 0.25) is 5.02 Å². The van der Waals surface area contributed by atoms with Gasteiger partial charge in [-0.25, -0.2) is 4.98 Å². The van der Waals surface area contributed by atoms with Gasteiger partial charge < -0.3 is 10.1 Å². The number of hydrogen-bond donors (Lipinski definition) is 1. The van der Waals surface area contributed by atoms with Gasteiger partial charge in [-0.3, -0.25) is 4.90 Å². The quantitative estimate of drug-likeness (QED) is 0.893. The van der Waals surface area contributed by atoms with Crippen molar-refractivity contribution in [1.29, 1.82) is 0 Å². The fourth-order valence-corrected chi connectivity index (χ4v) is 2.01. The average Bonchev–Trinajstić information content (AvgIpc) is 2.35. The van der Waals surface area contributed by atoms with E-state index in [4.69, 9.17) is 16.3 Å². The van der Waals surface area contributed by atoms with Crippen molar-refractivity contribution in [1.82, 2.24) is 9.88 Å². The van der Waals surface area contributed by atoms with E-state index in [1.165, 1.54) is 0 Å². The fraction of sp³-hybridized carbons (Fsp3) is 0.583. The summed E-state index contributed by atoms with van der Waals surface area (Å²) in [6, 6.07) is 3.82. The van der Waals surface area contributed by atoms with Gasteiger partial charge in [0, 0.05) is 26.2 Å². The minimum atomic E-state index is 0.734. The molecule has 0 aliphatic carbocycles. The average molecular weight is 256 g/mol. The Morgan fingerprint density at radius 1 is 1.41 bits per heavy atom. The van der Waals surface area contributed by atoms with Crippen LogP contribution in [0.25, 0.3) is 0 Å². The van der Waals surface area contributed by atoms with E-state index >= 15 is 0 Å². The summed E-state index contributed by atoms with van der Waals surface area (Å²) in [4.78, 5) is 6.84. The van der Waals surface area contributed by atoms with Crippen molar-refractivity contribution in [3.63, 3.8) is 0 Å². The molecule has 0 aromatic carbocycles. The molecule has 1 fully saturated rings. The maximum Gasteiger partial charge on any atom is 0.126 e. The molecule has 0 spiro atoms. The van der Waals surface area contributed by atoms with Crippen LogP contribution in [0.5, 0.6) is 0 Å². The lowest BCUT2D eigenvalue weighted by Crippen LogP contribution is -2.36. The number of pyridine rings is 1. The van der Waals surface area contributed by atoms with Crippen molar-refractivity contribution in [2.45, 2.75) is 13.5 Å². The predicted molar refractivity (Wildman–Crippen MR) is 69.5 cm³/mol. The molecule has 1 aliphatic heterocycles. The van der Waals surface area contributed by atoms with Crippen LogP contribution in [-0.2, 0) is 11.3 Å². The van der Waals surface area contributed by atoms with Crippen molar-refractivity contribution in [3.8, 4) is 0 Å². The van der Waals surface area contributed by atoms with Crippen LogP contribution in [0.15, 0.2) is 12.1 Å². The van der Waals surface area contributed by atoms with Crippen molar-refractivity contribution >= 4 is 17.4 Å².